The summed E-state index contributed by atoms with van der Waals surface area (Å²) in [5.41, 5.74) is 0. The molecule has 0 unspecified atom stereocenters. The fourth-order valence-corrected chi connectivity index (χ4v) is 0.980. The number of hydrogen-bond acceptors (Lipinski definition) is 4. The van der Waals surface area contributed by atoms with Crippen molar-refractivity contribution in [2.45, 2.75) is 13.3 Å². The number of urea groups is 1. The number of nitrogens with one attached hydrogen (secondary N) is 3. The van der Waals surface area contributed by atoms with Crippen molar-refractivity contribution in [3.63, 3.8) is 0 Å². The van der Waals surface area contributed by atoms with Gasteiger partial charge in [0.25, 0.3) is 0 Å². The number of carboxylic acid groups (broad SMARTS) is 1. The molecule has 8 nitrogen and oxygen atoms in total. The number of carboxylic acids is 1. The number of carbonyl (C=O) groups excluding carboxylic acids is 2. The van der Waals surface area contributed by atoms with E-state index in [9.17, 15) is 14.4 Å². The van der Waals surface area contributed by atoms with Gasteiger partial charge in [-0.3, -0.25) is 9.59 Å². The van der Waals surface area contributed by atoms with E-state index in [4.69, 9.17) is 9.84 Å². The van der Waals surface area contributed by atoms with E-state index in [0.717, 1.165) is 0 Å². The van der Waals surface area contributed by atoms with Crippen molar-refractivity contribution >= 4 is 17.9 Å². The van der Waals surface area contributed by atoms with Crippen molar-refractivity contribution in [3.8, 4) is 0 Å². The molecule has 0 aromatic heterocycles. The quantitative estimate of drug-likeness (QED) is 0.394. The van der Waals surface area contributed by atoms with Gasteiger partial charge in [0, 0.05) is 19.8 Å². The summed E-state index contributed by atoms with van der Waals surface area (Å²) in [6, 6.07) is -0.475. The van der Waals surface area contributed by atoms with Crippen LogP contribution in [0, 0.1) is 0 Å². The predicted molar refractivity (Wildman–Crippen MR) is 63.2 cm³/mol. The van der Waals surface area contributed by atoms with E-state index in [-0.39, 0.29) is 6.54 Å². The second-order valence-corrected chi connectivity index (χ2v) is 3.33. The van der Waals surface area contributed by atoms with E-state index in [1.165, 1.54) is 0 Å². The molecule has 4 N–H and O–H groups in total. The first kappa shape index (κ1) is 16.2. The van der Waals surface area contributed by atoms with Gasteiger partial charge in [-0.05, 0) is 13.3 Å². The van der Waals surface area contributed by atoms with Crippen LogP contribution in [0.2, 0.25) is 0 Å². The van der Waals surface area contributed by atoms with E-state index < -0.39 is 24.5 Å². The zero-order valence-electron chi connectivity index (χ0n) is 10.3. The lowest BCUT2D eigenvalue weighted by atomic mass is 10.4. The highest BCUT2D eigenvalue weighted by molar-refractivity contribution is 5.86. The summed E-state index contributed by atoms with van der Waals surface area (Å²) < 4.78 is 5.08. The Labute approximate surface area is 105 Å². The lowest BCUT2D eigenvalue weighted by Gasteiger charge is -2.07. The Kier molecular flexibility index (Phi) is 9.28. The van der Waals surface area contributed by atoms with Gasteiger partial charge in [0.2, 0.25) is 5.91 Å². The normalized spacial score (nSPS) is 9.61. The summed E-state index contributed by atoms with van der Waals surface area (Å²) in [5.74, 6) is -1.69. The van der Waals surface area contributed by atoms with Crippen LogP contribution in [0.15, 0.2) is 0 Å². The van der Waals surface area contributed by atoms with Crippen LogP contribution in [0.25, 0.3) is 0 Å². The van der Waals surface area contributed by atoms with Crippen LogP contribution < -0.4 is 16.0 Å². The summed E-state index contributed by atoms with van der Waals surface area (Å²) >= 11 is 0. The fraction of sp³-hybridized carbons (Fsp3) is 0.700. The van der Waals surface area contributed by atoms with Gasteiger partial charge in [0.05, 0.1) is 6.54 Å². The molecule has 0 saturated carbocycles. The Bertz CT molecular complexity index is 283. The van der Waals surface area contributed by atoms with Crippen molar-refractivity contribution in [1.29, 1.82) is 0 Å². The van der Waals surface area contributed by atoms with Gasteiger partial charge < -0.3 is 25.8 Å². The van der Waals surface area contributed by atoms with Crippen molar-refractivity contribution < 1.29 is 24.2 Å². The molecule has 104 valence electrons. The highest BCUT2D eigenvalue weighted by atomic mass is 16.5. The van der Waals surface area contributed by atoms with E-state index in [0.29, 0.717) is 26.2 Å². The molecular weight excluding hydrogens is 242 g/mol. The molecule has 0 aromatic rings. The molecule has 0 atom stereocenters. The average molecular weight is 261 g/mol. The van der Waals surface area contributed by atoms with Crippen molar-refractivity contribution in [3.05, 3.63) is 0 Å². The molecule has 0 fully saturated rings. The van der Waals surface area contributed by atoms with Crippen LogP contribution in [0.1, 0.15) is 13.3 Å². The zero-order chi connectivity index (χ0) is 13.8. The first-order valence-electron chi connectivity index (χ1n) is 5.64. The molecule has 0 radical (unpaired) electrons. The van der Waals surface area contributed by atoms with Crippen LogP contribution in [-0.2, 0) is 14.3 Å². The van der Waals surface area contributed by atoms with E-state index in [1.54, 1.807) is 0 Å². The van der Waals surface area contributed by atoms with Crippen LogP contribution in [0.5, 0.6) is 0 Å². The molecule has 0 rings (SSSR count). The molecular formula is C10H19N3O5. The Balaban J connectivity index is 3.46. The third-order valence-corrected chi connectivity index (χ3v) is 1.80. The Hall–Kier alpha value is -1.83. The molecule has 0 aromatic carbocycles. The highest BCUT2D eigenvalue weighted by Gasteiger charge is 2.05. The summed E-state index contributed by atoms with van der Waals surface area (Å²) in [6.45, 7) is 2.81. The van der Waals surface area contributed by atoms with Crippen LogP contribution in [0.3, 0.4) is 0 Å². The third kappa shape index (κ3) is 10.7. The lowest BCUT2D eigenvalue weighted by molar-refractivity contribution is -0.137. The minimum atomic E-state index is -1.14. The number of carbonyl (C=O) groups is 3. The van der Waals surface area contributed by atoms with Crippen molar-refractivity contribution in [2.24, 2.45) is 0 Å². The molecule has 0 aliphatic rings. The minimum absolute atomic E-state index is 0.259. The summed E-state index contributed by atoms with van der Waals surface area (Å²) in [5, 5.41) is 15.3. The SMILES string of the molecule is CCOCCCNC(=O)NCC(=O)NCC(=O)O. The van der Waals surface area contributed by atoms with Crippen molar-refractivity contribution in [2.75, 3.05) is 32.8 Å². The van der Waals surface area contributed by atoms with Gasteiger partial charge >= 0.3 is 12.0 Å². The standard InChI is InChI=1S/C10H19N3O5/c1-2-18-5-3-4-11-10(17)13-6-8(14)12-7-9(15)16/h2-7H2,1H3,(H,12,14)(H,15,16)(H2,11,13,17). The molecule has 0 bridgehead atoms. The molecule has 0 saturated heterocycles. The van der Waals surface area contributed by atoms with E-state index in [2.05, 4.69) is 16.0 Å². The molecule has 8 heteroatoms. The highest BCUT2D eigenvalue weighted by Crippen LogP contribution is 1.80. The van der Waals surface area contributed by atoms with E-state index >= 15 is 0 Å². The number of aliphatic carboxylic acids is 1. The monoisotopic (exact) mass is 261 g/mol. The summed E-state index contributed by atoms with van der Waals surface area (Å²) in [4.78, 5) is 32.3. The molecule has 0 aliphatic heterocycles. The van der Waals surface area contributed by atoms with Crippen molar-refractivity contribution in [1.82, 2.24) is 16.0 Å². The Morgan fingerprint density at radius 3 is 2.44 bits per heavy atom. The van der Waals surface area contributed by atoms with Gasteiger partial charge in [-0.2, -0.15) is 0 Å². The van der Waals surface area contributed by atoms with Gasteiger partial charge in [-0.15, -0.1) is 0 Å². The summed E-state index contributed by atoms with van der Waals surface area (Å²) in [7, 11) is 0. The maximum atomic E-state index is 11.2. The van der Waals surface area contributed by atoms with E-state index in [1.807, 2.05) is 6.92 Å². The van der Waals surface area contributed by atoms with Gasteiger partial charge in [-0.25, -0.2) is 4.79 Å². The Morgan fingerprint density at radius 1 is 1.11 bits per heavy atom. The van der Waals surface area contributed by atoms with Crippen LogP contribution >= 0.6 is 0 Å². The predicted octanol–water partition coefficient (Wildman–Crippen LogP) is -1.09. The maximum Gasteiger partial charge on any atom is 0.322 e. The largest absolute Gasteiger partial charge is 0.480 e. The molecule has 3 amide bonds. The van der Waals surface area contributed by atoms with Gasteiger partial charge in [0.1, 0.15) is 6.54 Å². The fourth-order valence-electron chi connectivity index (χ4n) is 0.980. The van der Waals surface area contributed by atoms with Crippen LogP contribution in [0.4, 0.5) is 4.79 Å². The first-order valence-corrected chi connectivity index (χ1v) is 5.64. The number of amides is 3. The molecule has 0 aliphatic carbocycles. The average Bonchev–Trinajstić information content (AvgIpc) is 2.33. The molecule has 18 heavy (non-hydrogen) atoms. The third-order valence-electron chi connectivity index (χ3n) is 1.80. The second kappa shape index (κ2) is 10.3. The Morgan fingerprint density at radius 2 is 1.83 bits per heavy atom. The zero-order valence-corrected chi connectivity index (χ0v) is 10.3. The first-order chi connectivity index (χ1) is 8.56. The number of ether oxygens (including phenoxy) is 1. The number of hydrogen-bond donors (Lipinski definition) is 4. The van der Waals surface area contributed by atoms with Crippen LogP contribution in [-0.4, -0.2) is 55.9 Å². The maximum absolute atomic E-state index is 11.2. The lowest BCUT2D eigenvalue weighted by Crippen LogP contribution is -2.43. The minimum Gasteiger partial charge on any atom is -0.480 e. The topological polar surface area (TPSA) is 117 Å². The summed E-state index contributed by atoms with van der Waals surface area (Å²) in [6.07, 6.45) is 0.687. The molecule has 0 spiro atoms. The second-order valence-electron chi connectivity index (χ2n) is 3.33. The smallest absolute Gasteiger partial charge is 0.322 e. The van der Waals surface area contributed by atoms with Gasteiger partial charge in [-0.1, -0.05) is 0 Å². The van der Waals surface area contributed by atoms with Gasteiger partial charge in [0.15, 0.2) is 0 Å². The molecule has 0 heterocycles. The number of rotatable bonds is 9.